The summed E-state index contributed by atoms with van der Waals surface area (Å²) in [6.07, 6.45) is 2.85. The summed E-state index contributed by atoms with van der Waals surface area (Å²) in [5.41, 5.74) is 0.717. The smallest absolute Gasteiger partial charge is 0.311 e. The molecule has 2 saturated heterocycles. The number of rotatable bonds is 2. The summed E-state index contributed by atoms with van der Waals surface area (Å²) in [4.78, 5) is 29.7. The molecule has 0 aliphatic carbocycles. The monoisotopic (exact) mass is 305 g/mol. The Balaban J connectivity index is 1.48. The van der Waals surface area contributed by atoms with E-state index in [1.165, 1.54) is 0 Å². The third-order valence-electron chi connectivity index (χ3n) is 3.98. The Morgan fingerprint density at radius 1 is 1.23 bits per heavy atom. The summed E-state index contributed by atoms with van der Waals surface area (Å²) >= 11 is 0. The lowest BCUT2D eigenvalue weighted by molar-refractivity contribution is -0.188. The highest BCUT2D eigenvalue weighted by molar-refractivity contribution is 6.34. The molecule has 3 heterocycles. The summed E-state index contributed by atoms with van der Waals surface area (Å²) in [6.45, 7) is 2.37. The van der Waals surface area contributed by atoms with Crippen molar-refractivity contribution in [2.24, 2.45) is 0 Å². The van der Waals surface area contributed by atoms with E-state index in [1.54, 1.807) is 23.2 Å². The van der Waals surface area contributed by atoms with Gasteiger partial charge in [0.05, 0.1) is 25.5 Å². The van der Waals surface area contributed by atoms with Gasteiger partial charge in [0.2, 0.25) is 0 Å². The summed E-state index contributed by atoms with van der Waals surface area (Å²) in [6, 6.07) is 5.43. The minimum atomic E-state index is -0.602. The molecule has 1 spiro atoms. The molecule has 3 rings (SSSR count). The summed E-state index contributed by atoms with van der Waals surface area (Å²) in [5.74, 6) is -1.65. The third kappa shape index (κ3) is 3.26. The average molecular weight is 305 g/mol. The maximum atomic E-state index is 12.1. The molecule has 2 amide bonds. The molecule has 0 atom stereocenters. The lowest BCUT2D eigenvalue weighted by Crippen LogP contribution is -2.51. The Morgan fingerprint density at radius 2 is 1.95 bits per heavy atom. The van der Waals surface area contributed by atoms with Gasteiger partial charge in [-0.15, -0.1) is 0 Å². The number of nitrogens with one attached hydrogen (secondary N) is 1. The molecule has 0 radical (unpaired) electrons. The summed E-state index contributed by atoms with van der Waals surface area (Å²) in [7, 11) is 0. The second kappa shape index (κ2) is 6.41. The number of piperidine rings is 1. The number of pyridine rings is 1. The van der Waals surface area contributed by atoms with Crippen LogP contribution in [-0.2, 0) is 25.6 Å². The van der Waals surface area contributed by atoms with Crippen molar-refractivity contribution in [3.63, 3.8) is 0 Å². The Hall–Kier alpha value is -1.99. The Morgan fingerprint density at radius 3 is 2.59 bits per heavy atom. The minimum absolute atomic E-state index is 0.245. The molecule has 1 aromatic heterocycles. The molecule has 0 bridgehead atoms. The first-order valence-corrected chi connectivity index (χ1v) is 7.43. The molecule has 7 nitrogen and oxygen atoms in total. The number of carbonyl (C=O) groups excluding carboxylic acids is 2. The lowest BCUT2D eigenvalue weighted by atomic mass is 10.0. The van der Waals surface area contributed by atoms with Crippen molar-refractivity contribution in [1.29, 1.82) is 0 Å². The number of hydrogen-bond acceptors (Lipinski definition) is 5. The van der Waals surface area contributed by atoms with Gasteiger partial charge in [-0.05, 0) is 12.1 Å². The molecule has 22 heavy (non-hydrogen) atoms. The molecule has 7 heteroatoms. The molecular weight excluding hydrogens is 286 g/mol. The van der Waals surface area contributed by atoms with Crippen molar-refractivity contribution < 1.29 is 19.1 Å². The van der Waals surface area contributed by atoms with Gasteiger partial charge in [-0.25, -0.2) is 0 Å². The number of hydrogen-bond donors (Lipinski definition) is 1. The molecule has 1 aromatic rings. The van der Waals surface area contributed by atoms with E-state index in [9.17, 15) is 9.59 Å². The minimum Gasteiger partial charge on any atom is -0.347 e. The van der Waals surface area contributed by atoms with Gasteiger partial charge in [0.15, 0.2) is 5.79 Å². The molecule has 1 N–H and O–H groups in total. The van der Waals surface area contributed by atoms with Crippen LogP contribution in [0.5, 0.6) is 0 Å². The van der Waals surface area contributed by atoms with Crippen molar-refractivity contribution in [1.82, 2.24) is 15.2 Å². The summed E-state index contributed by atoms with van der Waals surface area (Å²) < 4.78 is 11.2. The zero-order valence-electron chi connectivity index (χ0n) is 12.3. The van der Waals surface area contributed by atoms with Crippen molar-refractivity contribution in [3.05, 3.63) is 30.1 Å². The van der Waals surface area contributed by atoms with Gasteiger partial charge < -0.3 is 19.7 Å². The fourth-order valence-electron chi connectivity index (χ4n) is 2.73. The maximum Gasteiger partial charge on any atom is 0.311 e. The number of likely N-dealkylation sites (tertiary alicyclic amines) is 1. The van der Waals surface area contributed by atoms with E-state index in [0.29, 0.717) is 44.8 Å². The van der Waals surface area contributed by atoms with Crippen LogP contribution >= 0.6 is 0 Å². The molecule has 0 saturated carbocycles. The van der Waals surface area contributed by atoms with E-state index in [2.05, 4.69) is 10.3 Å². The van der Waals surface area contributed by atoms with E-state index in [0.717, 1.165) is 0 Å². The van der Waals surface area contributed by atoms with Crippen LogP contribution in [0.15, 0.2) is 24.4 Å². The topological polar surface area (TPSA) is 80.8 Å². The highest BCUT2D eigenvalue weighted by atomic mass is 16.7. The molecule has 118 valence electrons. The van der Waals surface area contributed by atoms with Crippen LogP contribution in [0.3, 0.4) is 0 Å². The van der Waals surface area contributed by atoms with Gasteiger partial charge in [-0.3, -0.25) is 14.6 Å². The molecule has 2 aliphatic rings. The Bertz CT molecular complexity index is 533. The van der Waals surface area contributed by atoms with E-state index in [1.807, 2.05) is 6.07 Å². The van der Waals surface area contributed by atoms with Crippen molar-refractivity contribution in [2.45, 2.75) is 25.2 Å². The third-order valence-corrected chi connectivity index (χ3v) is 3.98. The van der Waals surface area contributed by atoms with Crippen molar-refractivity contribution in [2.75, 3.05) is 26.3 Å². The standard InChI is InChI=1S/C15H19N3O4/c19-13(17-11-12-3-1-2-6-16-12)14(20)18-7-4-15(5-8-18)21-9-10-22-15/h1-3,6H,4-5,7-11H2,(H,17,19). The van der Waals surface area contributed by atoms with E-state index in [4.69, 9.17) is 9.47 Å². The van der Waals surface area contributed by atoms with Crippen LogP contribution < -0.4 is 5.32 Å². The average Bonchev–Trinajstić information content (AvgIpc) is 3.02. The fraction of sp³-hybridized carbons (Fsp3) is 0.533. The van der Waals surface area contributed by atoms with Gasteiger partial charge in [0.25, 0.3) is 0 Å². The molecular formula is C15H19N3O4. The number of amides is 2. The second-order valence-electron chi connectivity index (χ2n) is 5.40. The van der Waals surface area contributed by atoms with Gasteiger partial charge in [-0.1, -0.05) is 6.07 Å². The quantitative estimate of drug-likeness (QED) is 0.782. The van der Waals surface area contributed by atoms with Gasteiger partial charge in [-0.2, -0.15) is 0 Å². The Labute approximate surface area is 128 Å². The molecule has 2 fully saturated rings. The number of aromatic nitrogens is 1. The van der Waals surface area contributed by atoms with Crippen LogP contribution in [-0.4, -0.2) is 53.8 Å². The van der Waals surface area contributed by atoms with Crippen LogP contribution in [0.1, 0.15) is 18.5 Å². The predicted octanol–water partition coefficient (Wildman–Crippen LogP) is 0.0633. The van der Waals surface area contributed by atoms with Crippen LogP contribution in [0.25, 0.3) is 0 Å². The lowest BCUT2D eigenvalue weighted by Gasteiger charge is -2.37. The molecule has 0 unspecified atom stereocenters. The zero-order chi connectivity index (χ0) is 15.4. The normalized spacial score (nSPS) is 20.1. The number of carbonyl (C=O) groups is 2. The number of ether oxygens (including phenoxy) is 2. The zero-order valence-corrected chi connectivity index (χ0v) is 12.3. The van der Waals surface area contributed by atoms with Gasteiger partial charge in [0, 0.05) is 32.1 Å². The molecule has 2 aliphatic heterocycles. The second-order valence-corrected chi connectivity index (χ2v) is 5.40. The first-order chi connectivity index (χ1) is 10.7. The predicted molar refractivity (Wildman–Crippen MR) is 76.5 cm³/mol. The maximum absolute atomic E-state index is 12.1. The fourth-order valence-corrected chi connectivity index (χ4v) is 2.73. The highest BCUT2D eigenvalue weighted by Crippen LogP contribution is 2.31. The highest BCUT2D eigenvalue weighted by Gasteiger charge is 2.41. The van der Waals surface area contributed by atoms with E-state index < -0.39 is 17.6 Å². The largest absolute Gasteiger partial charge is 0.347 e. The van der Waals surface area contributed by atoms with Crippen LogP contribution in [0, 0.1) is 0 Å². The van der Waals surface area contributed by atoms with E-state index >= 15 is 0 Å². The van der Waals surface area contributed by atoms with Crippen molar-refractivity contribution in [3.8, 4) is 0 Å². The molecule has 0 aromatic carbocycles. The van der Waals surface area contributed by atoms with Gasteiger partial charge >= 0.3 is 11.8 Å². The SMILES string of the molecule is O=C(NCc1ccccn1)C(=O)N1CCC2(CC1)OCCO2. The first kappa shape index (κ1) is 14.9. The van der Waals surface area contributed by atoms with Crippen LogP contribution in [0.4, 0.5) is 0 Å². The first-order valence-electron chi connectivity index (χ1n) is 7.43. The van der Waals surface area contributed by atoms with Crippen LogP contribution in [0.2, 0.25) is 0 Å². The van der Waals surface area contributed by atoms with Crippen molar-refractivity contribution >= 4 is 11.8 Å². The van der Waals surface area contributed by atoms with E-state index in [-0.39, 0.29) is 6.54 Å². The summed E-state index contributed by atoms with van der Waals surface area (Å²) in [5, 5.41) is 2.60. The Kier molecular flexibility index (Phi) is 4.35. The van der Waals surface area contributed by atoms with Gasteiger partial charge in [0.1, 0.15) is 0 Å². The number of nitrogens with zero attached hydrogens (tertiary/aromatic N) is 2.